The molecule has 3 amide bonds. The van der Waals surface area contributed by atoms with E-state index in [0.29, 0.717) is 25.9 Å². The Hall–Kier alpha value is -3.99. The van der Waals surface area contributed by atoms with Crippen LogP contribution in [-0.2, 0) is 32.0 Å². The SMILES string of the molecule is CC[C@@]1(NC(=O)C2C=C3c4cccc5[nH]cc(c45)CC3N(C)C2)O[C@@]2(O)C3CCCN3C(=O)C(Cc3ccccc3)N2C1=O. The number of hydrogen-bond donors (Lipinski definition) is 3. The molecule has 0 radical (unpaired) electrons. The van der Waals surface area contributed by atoms with Crippen LogP contribution < -0.4 is 5.32 Å². The Kier molecular flexibility index (Phi) is 6.11. The van der Waals surface area contributed by atoms with Gasteiger partial charge in [-0.05, 0) is 54.6 Å². The number of benzene rings is 2. The second kappa shape index (κ2) is 9.76. The number of hydrogen-bond acceptors (Lipinski definition) is 6. The van der Waals surface area contributed by atoms with Gasteiger partial charge in [0.2, 0.25) is 17.5 Å². The number of piperazine rings is 1. The van der Waals surface area contributed by atoms with Crippen LogP contribution >= 0.6 is 0 Å². The average Bonchev–Trinajstić information content (AvgIpc) is 3.74. The lowest BCUT2D eigenvalue weighted by atomic mass is 9.79. The van der Waals surface area contributed by atoms with Crippen LogP contribution in [0.25, 0.3) is 16.5 Å². The highest BCUT2D eigenvalue weighted by molar-refractivity contribution is 6.01. The molecular weight excluding hydrogens is 558 g/mol. The number of likely N-dealkylation sites (N-methyl/N-ethyl adjacent to an activating group) is 1. The summed E-state index contributed by atoms with van der Waals surface area (Å²) in [7, 11) is 2.03. The zero-order valence-electron chi connectivity index (χ0n) is 25.0. The summed E-state index contributed by atoms with van der Waals surface area (Å²) in [6, 6.07) is 14.2. The molecule has 1 aromatic heterocycles. The van der Waals surface area contributed by atoms with Gasteiger partial charge in [-0.3, -0.25) is 28.9 Å². The first-order chi connectivity index (χ1) is 21.2. The van der Waals surface area contributed by atoms with Crippen molar-refractivity contribution >= 4 is 34.2 Å². The number of aromatic nitrogens is 1. The van der Waals surface area contributed by atoms with Gasteiger partial charge in [0.15, 0.2) is 0 Å². The fourth-order valence-corrected chi connectivity index (χ4v) is 8.32. The molecule has 0 bridgehead atoms. The lowest BCUT2D eigenvalue weighted by Crippen LogP contribution is -2.71. The monoisotopic (exact) mass is 595 g/mol. The van der Waals surface area contributed by atoms with Crippen molar-refractivity contribution in [1.29, 1.82) is 0 Å². The van der Waals surface area contributed by atoms with Gasteiger partial charge in [0.05, 0.1) is 5.92 Å². The van der Waals surface area contributed by atoms with Crippen LogP contribution in [0.15, 0.2) is 60.8 Å². The van der Waals surface area contributed by atoms with E-state index < -0.39 is 35.5 Å². The van der Waals surface area contributed by atoms with Crippen LogP contribution in [0.4, 0.5) is 0 Å². The number of nitrogens with zero attached hydrogens (tertiary/aromatic N) is 3. The summed E-state index contributed by atoms with van der Waals surface area (Å²) in [5.74, 6) is -3.70. The van der Waals surface area contributed by atoms with E-state index >= 15 is 0 Å². The third-order valence-electron chi connectivity index (χ3n) is 10.5. The molecule has 10 heteroatoms. The number of carbonyl (C=O) groups is 3. The highest BCUT2D eigenvalue weighted by Crippen LogP contribution is 2.47. The fourth-order valence-electron chi connectivity index (χ4n) is 8.32. The number of amides is 3. The van der Waals surface area contributed by atoms with Gasteiger partial charge in [-0.1, -0.05) is 55.5 Å². The maximum Gasteiger partial charge on any atom is 0.281 e. The molecule has 4 unspecified atom stereocenters. The smallest absolute Gasteiger partial charge is 0.281 e. The van der Waals surface area contributed by atoms with Gasteiger partial charge < -0.3 is 20.3 Å². The molecule has 0 spiro atoms. The number of aliphatic hydroxyl groups is 1. The molecule has 3 fully saturated rings. The van der Waals surface area contributed by atoms with Gasteiger partial charge in [-0.2, -0.15) is 0 Å². The first kappa shape index (κ1) is 27.6. The summed E-state index contributed by atoms with van der Waals surface area (Å²) >= 11 is 0. The first-order valence-corrected chi connectivity index (χ1v) is 15.7. The Labute approximate surface area is 255 Å². The average molecular weight is 596 g/mol. The Balaban J connectivity index is 1.13. The van der Waals surface area contributed by atoms with Crippen molar-refractivity contribution in [3.8, 4) is 0 Å². The second-order valence-corrected chi connectivity index (χ2v) is 12.9. The highest BCUT2D eigenvalue weighted by Gasteiger charge is 2.70. The van der Waals surface area contributed by atoms with Crippen LogP contribution in [0.2, 0.25) is 0 Å². The molecule has 5 aliphatic rings. The lowest BCUT2D eigenvalue weighted by molar-refractivity contribution is -0.317. The molecule has 0 saturated carbocycles. The van der Waals surface area contributed by atoms with E-state index in [1.54, 1.807) is 11.8 Å². The quantitative estimate of drug-likeness (QED) is 0.417. The number of ether oxygens (including phenoxy) is 1. The summed E-state index contributed by atoms with van der Waals surface area (Å²) in [6.07, 6.45) is 6.51. The van der Waals surface area contributed by atoms with E-state index in [4.69, 9.17) is 4.74 Å². The molecule has 228 valence electrons. The third kappa shape index (κ3) is 3.80. The van der Waals surface area contributed by atoms with Crippen LogP contribution in [0.5, 0.6) is 0 Å². The minimum atomic E-state index is -2.04. The van der Waals surface area contributed by atoms with Gasteiger partial charge in [0, 0.05) is 49.1 Å². The topological polar surface area (TPSA) is 118 Å². The molecule has 8 rings (SSSR count). The molecule has 10 nitrogen and oxygen atoms in total. The molecule has 3 N–H and O–H groups in total. The molecule has 44 heavy (non-hydrogen) atoms. The maximum absolute atomic E-state index is 14.4. The predicted octanol–water partition coefficient (Wildman–Crippen LogP) is 2.38. The highest BCUT2D eigenvalue weighted by atomic mass is 16.7. The molecular formula is C34H37N5O5. The number of rotatable bonds is 5. The summed E-state index contributed by atoms with van der Waals surface area (Å²) in [4.78, 5) is 50.8. The normalized spacial score (nSPS) is 32.8. The van der Waals surface area contributed by atoms with Crippen LogP contribution in [-0.4, -0.2) is 92.4 Å². The van der Waals surface area contributed by atoms with Gasteiger partial charge in [0.25, 0.3) is 11.8 Å². The maximum atomic E-state index is 14.4. The molecule has 3 aromatic rings. The lowest BCUT2D eigenvalue weighted by Gasteiger charge is -2.48. The van der Waals surface area contributed by atoms with E-state index in [1.165, 1.54) is 15.8 Å². The number of fused-ring (bicyclic) bond motifs is 5. The van der Waals surface area contributed by atoms with Gasteiger partial charge in [-0.15, -0.1) is 0 Å². The van der Waals surface area contributed by atoms with Crippen molar-refractivity contribution in [2.24, 2.45) is 5.92 Å². The summed E-state index contributed by atoms with van der Waals surface area (Å²) in [6.45, 7) is 2.73. The summed E-state index contributed by atoms with van der Waals surface area (Å²) in [5, 5.41) is 16.3. The number of H-pyrrole nitrogens is 1. The largest absolute Gasteiger partial charge is 0.361 e. The van der Waals surface area contributed by atoms with Crippen LogP contribution in [0, 0.1) is 5.92 Å². The molecule has 5 heterocycles. The molecule has 2 aromatic carbocycles. The van der Waals surface area contributed by atoms with E-state index in [-0.39, 0.29) is 30.7 Å². The Morgan fingerprint density at radius 1 is 1.16 bits per heavy atom. The molecule has 6 atom stereocenters. The minimum absolute atomic E-state index is 0.100. The van der Waals surface area contributed by atoms with Gasteiger partial charge in [0.1, 0.15) is 12.1 Å². The summed E-state index contributed by atoms with van der Waals surface area (Å²) < 4.78 is 6.38. The van der Waals surface area contributed by atoms with Crippen molar-refractivity contribution in [2.75, 3.05) is 20.1 Å². The first-order valence-electron chi connectivity index (χ1n) is 15.7. The van der Waals surface area contributed by atoms with E-state index in [2.05, 4.69) is 33.5 Å². The van der Waals surface area contributed by atoms with Crippen molar-refractivity contribution < 1.29 is 24.2 Å². The molecule has 3 saturated heterocycles. The van der Waals surface area contributed by atoms with Crippen molar-refractivity contribution in [2.45, 2.75) is 68.8 Å². The van der Waals surface area contributed by atoms with E-state index in [9.17, 15) is 19.5 Å². The third-order valence-corrected chi connectivity index (χ3v) is 10.5. The van der Waals surface area contributed by atoms with E-state index in [1.807, 2.05) is 49.5 Å². The zero-order chi connectivity index (χ0) is 30.4. The number of aromatic amines is 1. The number of nitrogens with one attached hydrogen (secondary N) is 2. The standard InChI is InChI=1S/C34H37N5O5/c1-3-33(36-30(40)22-16-24-23-11-7-12-25-29(23)21(18-35-25)17-26(24)37(2)19-22)32(42)39-27(15-20-9-5-4-6-10-20)31(41)38-14-8-13-28(38)34(39,43)44-33/h4-7,9-12,16,18,22,26-28,35,43H,3,8,13-15,17,19H2,1-2H3,(H,36,40)/t22?,26?,27?,28?,33-,34+/m1/s1. The van der Waals surface area contributed by atoms with Crippen LogP contribution in [0.3, 0.4) is 0 Å². The molecule has 4 aliphatic heterocycles. The fraction of sp³-hybridized carbons (Fsp3) is 0.441. The summed E-state index contributed by atoms with van der Waals surface area (Å²) in [5.41, 5.74) is 3.64. The predicted molar refractivity (Wildman–Crippen MR) is 163 cm³/mol. The molecule has 1 aliphatic carbocycles. The van der Waals surface area contributed by atoms with Crippen LogP contribution in [0.1, 0.15) is 42.9 Å². The van der Waals surface area contributed by atoms with Crippen molar-refractivity contribution in [3.63, 3.8) is 0 Å². The zero-order valence-corrected chi connectivity index (χ0v) is 25.0. The van der Waals surface area contributed by atoms with Crippen molar-refractivity contribution in [1.82, 2.24) is 25.0 Å². The van der Waals surface area contributed by atoms with Gasteiger partial charge in [-0.25, -0.2) is 0 Å². The van der Waals surface area contributed by atoms with Gasteiger partial charge >= 0.3 is 0 Å². The second-order valence-electron chi connectivity index (χ2n) is 12.9. The Bertz CT molecular complexity index is 1720. The number of carbonyl (C=O) groups excluding carboxylic acids is 3. The minimum Gasteiger partial charge on any atom is -0.361 e. The van der Waals surface area contributed by atoms with Crippen molar-refractivity contribution in [3.05, 3.63) is 77.5 Å². The van der Waals surface area contributed by atoms with E-state index in [0.717, 1.165) is 28.6 Å². The Morgan fingerprint density at radius 2 is 1.98 bits per heavy atom. The Morgan fingerprint density at radius 3 is 2.77 bits per heavy atom.